The van der Waals surface area contributed by atoms with Crippen molar-refractivity contribution in [3.05, 3.63) is 58.0 Å². The van der Waals surface area contributed by atoms with Crippen molar-refractivity contribution >= 4 is 17.6 Å². The monoisotopic (exact) mass is 253 g/mol. The molecule has 6 heteroatoms. The van der Waals surface area contributed by atoms with Gasteiger partial charge in [0.25, 0.3) is 5.56 Å². The van der Waals surface area contributed by atoms with E-state index in [0.29, 0.717) is 11.3 Å². The number of hydrogen-bond donors (Lipinski definition) is 3. The third kappa shape index (κ3) is 2.61. The Morgan fingerprint density at radius 2 is 2.11 bits per heavy atom. The minimum atomic E-state index is -0.463. The molecule has 0 fully saturated rings. The van der Waals surface area contributed by atoms with Gasteiger partial charge in [-0.3, -0.25) is 4.79 Å². The number of hydrazone groups is 1. The van der Waals surface area contributed by atoms with Gasteiger partial charge in [0, 0.05) is 17.4 Å². The molecule has 2 rings (SSSR count). The van der Waals surface area contributed by atoms with Crippen LogP contribution in [0.25, 0.3) is 0 Å². The van der Waals surface area contributed by atoms with Crippen LogP contribution in [0.2, 0.25) is 0 Å². The Labute approximate surface area is 109 Å². The molecule has 0 spiro atoms. The molecule has 0 unspecified atom stereocenters. The van der Waals surface area contributed by atoms with Crippen LogP contribution in [0.5, 0.6) is 0 Å². The normalized spacial score (nSPS) is 10.3. The van der Waals surface area contributed by atoms with Crippen LogP contribution >= 0.6 is 0 Å². The summed E-state index contributed by atoms with van der Waals surface area (Å²) in [4.78, 5) is 14.1. The van der Waals surface area contributed by atoms with Crippen molar-refractivity contribution in [2.24, 2.45) is 10.9 Å². The van der Waals surface area contributed by atoms with Crippen molar-refractivity contribution in [1.29, 1.82) is 5.26 Å². The Morgan fingerprint density at radius 3 is 2.74 bits per heavy atom. The topological polar surface area (TPSA) is 107 Å². The molecule has 19 heavy (non-hydrogen) atoms. The van der Waals surface area contributed by atoms with Crippen molar-refractivity contribution in [3.8, 4) is 6.07 Å². The molecule has 0 amide bonds. The van der Waals surface area contributed by atoms with E-state index in [2.05, 4.69) is 15.4 Å². The van der Waals surface area contributed by atoms with Gasteiger partial charge >= 0.3 is 0 Å². The van der Waals surface area contributed by atoms with Crippen molar-refractivity contribution < 1.29 is 0 Å². The zero-order valence-corrected chi connectivity index (χ0v) is 9.92. The SMILES string of the molecule is N#Cc1c(Nc2ccccc2)c(/C=N\N)c[nH]c1=O. The number of aromatic amines is 1. The van der Waals surface area contributed by atoms with Gasteiger partial charge in [0.1, 0.15) is 11.6 Å². The smallest absolute Gasteiger partial charge is 0.268 e. The molecule has 94 valence electrons. The maximum atomic E-state index is 11.6. The average molecular weight is 253 g/mol. The number of aromatic nitrogens is 1. The molecule has 0 atom stereocenters. The van der Waals surface area contributed by atoms with E-state index in [9.17, 15) is 4.79 Å². The van der Waals surface area contributed by atoms with E-state index in [1.807, 2.05) is 36.4 Å². The molecule has 0 aliphatic heterocycles. The fourth-order valence-electron chi connectivity index (χ4n) is 1.63. The Balaban J connectivity index is 2.56. The highest BCUT2D eigenvalue weighted by molar-refractivity contribution is 5.90. The van der Waals surface area contributed by atoms with Gasteiger partial charge in [0.2, 0.25) is 0 Å². The molecule has 6 nitrogen and oxygen atoms in total. The van der Waals surface area contributed by atoms with E-state index in [1.54, 1.807) is 0 Å². The highest BCUT2D eigenvalue weighted by Crippen LogP contribution is 2.20. The number of H-pyrrole nitrogens is 1. The lowest BCUT2D eigenvalue weighted by Crippen LogP contribution is -2.14. The lowest BCUT2D eigenvalue weighted by Gasteiger charge is -2.10. The lowest BCUT2D eigenvalue weighted by atomic mass is 10.1. The van der Waals surface area contributed by atoms with Crippen molar-refractivity contribution in [2.75, 3.05) is 5.32 Å². The second kappa shape index (κ2) is 5.51. The second-order valence-corrected chi connectivity index (χ2v) is 3.70. The number of benzene rings is 1. The molecule has 0 bridgehead atoms. The van der Waals surface area contributed by atoms with E-state index in [4.69, 9.17) is 11.1 Å². The Hall–Kier alpha value is -3.07. The summed E-state index contributed by atoms with van der Waals surface area (Å²) in [6.45, 7) is 0. The standard InChI is InChI=1S/C13H11N5O/c14-6-11-12(18-10-4-2-1-3-5-10)9(8-17-15)7-16-13(11)19/h1-5,7-8H,15H2,(H2,16,18,19)/b17-8-. The molecule has 2 aromatic rings. The summed E-state index contributed by atoms with van der Waals surface area (Å²) >= 11 is 0. The first-order valence-corrected chi connectivity index (χ1v) is 5.47. The quantitative estimate of drug-likeness (QED) is 0.435. The average Bonchev–Trinajstić information content (AvgIpc) is 2.43. The maximum absolute atomic E-state index is 11.6. The molecule has 1 heterocycles. The lowest BCUT2D eigenvalue weighted by molar-refractivity contribution is 1.20. The fraction of sp³-hybridized carbons (Fsp3) is 0. The number of hydrogen-bond acceptors (Lipinski definition) is 5. The molecule has 1 aromatic heterocycles. The second-order valence-electron chi connectivity index (χ2n) is 3.70. The number of anilines is 2. The number of nitrogens with zero attached hydrogens (tertiary/aromatic N) is 2. The number of nitrogens with two attached hydrogens (primary N) is 1. The third-order valence-electron chi connectivity index (χ3n) is 2.49. The van der Waals surface area contributed by atoms with E-state index >= 15 is 0 Å². The predicted molar refractivity (Wildman–Crippen MR) is 73.3 cm³/mol. The van der Waals surface area contributed by atoms with Gasteiger partial charge in [0.05, 0.1) is 11.9 Å². The molecule has 0 aliphatic carbocycles. The first-order valence-electron chi connectivity index (χ1n) is 5.47. The molecule has 0 saturated carbocycles. The summed E-state index contributed by atoms with van der Waals surface area (Å²) in [6.07, 6.45) is 2.81. The first kappa shape index (κ1) is 12.4. The predicted octanol–water partition coefficient (Wildman–Crippen LogP) is 1.28. The minimum absolute atomic E-state index is 0.0127. The first-order chi connectivity index (χ1) is 9.26. The third-order valence-corrected chi connectivity index (χ3v) is 2.49. The number of nitriles is 1. The molecule has 1 aromatic carbocycles. The van der Waals surface area contributed by atoms with Gasteiger partial charge in [-0.05, 0) is 12.1 Å². The Kier molecular flexibility index (Phi) is 3.59. The van der Waals surface area contributed by atoms with Crippen molar-refractivity contribution in [3.63, 3.8) is 0 Å². The summed E-state index contributed by atoms with van der Waals surface area (Å²) in [5.74, 6) is 5.12. The molecular formula is C13H11N5O. The van der Waals surface area contributed by atoms with Gasteiger partial charge in [-0.25, -0.2) is 0 Å². The van der Waals surface area contributed by atoms with Gasteiger partial charge in [-0.2, -0.15) is 10.4 Å². The molecule has 0 aliphatic rings. The van der Waals surface area contributed by atoms with E-state index in [-0.39, 0.29) is 5.56 Å². The van der Waals surface area contributed by atoms with E-state index in [0.717, 1.165) is 5.69 Å². The molecule has 4 N–H and O–H groups in total. The summed E-state index contributed by atoms with van der Waals surface area (Å²) in [5.41, 5.74) is 1.20. The summed E-state index contributed by atoms with van der Waals surface area (Å²) < 4.78 is 0. The van der Waals surface area contributed by atoms with Crippen LogP contribution in [0, 0.1) is 11.3 Å². The Bertz CT molecular complexity index is 697. The summed E-state index contributed by atoms with van der Waals surface area (Å²) in [5, 5.41) is 15.5. The fourth-order valence-corrected chi connectivity index (χ4v) is 1.63. The van der Waals surface area contributed by atoms with Gasteiger partial charge in [-0.15, -0.1) is 0 Å². The summed E-state index contributed by atoms with van der Waals surface area (Å²) in [7, 11) is 0. The maximum Gasteiger partial charge on any atom is 0.268 e. The van der Waals surface area contributed by atoms with Crippen LogP contribution in [-0.4, -0.2) is 11.2 Å². The van der Waals surface area contributed by atoms with Crippen molar-refractivity contribution in [1.82, 2.24) is 4.98 Å². The number of nitrogens with one attached hydrogen (secondary N) is 2. The van der Waals surface area contributed by atoms with Gasteiger partial charge < -0.3 is 16.1 Å². The van der Waals surface area contributed by atoms with Crippen LogP contribution in [0.3, 0.4) is 0 Å². The van der Waals surface area contributed by atoms with Crippen LogP contribution in [0.1, 0.15) is 11.1 Å². The van der Waals surface area contributed by atoms with Gasteiger partial charge in [0.15, 0.2) is 0 Å². The molecular weight excluding hydrogens is 242 g/mol. The van der Waals surface area contributed by atoms with E-state index in [1.165, 1.54) is 12.4 Å². The zero-order chi connectivity index (χ0) is 13.7. The largest absolute Gasteiger partial charge is 0.354 e. The highest BCUT2D eigenvalue weighted by atomic mass is 16.1. The summed E-state index contributed by atoms with van der Waals surface area (Å²) in [6, 6.07) is 11.1. The molecule has 0 radical (unpaired) electrons. The number of para-hydroxylation sites is 1. The van der Waals surface area contributed by atoms with Gasteiger partial charge in [-0.1, -0.05) is 18.2 Å². The highest BCUT2D eigenvalue weighted by Gasteiger charge is 2.11. The molecule has 0 saturated heterocycles. The minimum Gasteiger partial charge on any atom is -0.354 e. The van der Waals surface area contributed by atoms with Crippen molar-refractivity contribution in [2.45, 2.75) is 0 Å². The van der Waals surface area contributed by atoms with E-state index < -0.39 is 5.56 Å². The van der Waals surface area contributed by atoms with Crippen LogP contribution < -0.4 is 16.7 Å². The Morgan fingerprint density at radius 1 is 1.37 bits per heavy atom. The van der Waals surface area contributed by atoms with Crippen LogP contribution in [-0.2, 0) is 0 Å². The van der Waals surface area contributed by atoms with Crippen LogP contribution in [0.15, 0.2) is 46.4 Å². The zero-order valence-electron chi connectivity index (χ0n) is 9.92. The number of rotatable bonds is 3. The van der Waals surface area contributed by atoms with Crippen LogP contribution in [0.4, 0.5) is 11.4 Å². The number of pyridine rings is 1.